The number of amides is 2. The van der Waals surface area contributed by atoms with Gasteiger partial charge in [0.1, 0.15) is 12.6 Å². The highest BCUT2D eigenvalue weighted by atomic mass is 32.2. The second kappa shape index (κ2) is 11.5. The van der Waals surface area contributed by atoms with Gasteiger partial charge >= 0.3 is 0 Å². The molecule has 1 unspecified atom stereocenters. The minimum absolute atomic E-state index is 0.0833. The zero-order chi connectivity index (χ0) is 25.6. The lowest BCUT2D eigenvalue weighted by atomic mass is 10.1. The van der Waals surface area contributed by atoms with Crippen LogP contribution in [0.25, 0.3) is 0 Å². The smallest absolute Gasteiger partial charge is 0.244 e. The van der Waals surface area contributed by atoms with Gasteiger partial charge in [-0.2, -0.15) is 0 Å². The van der Waals surface area contributed by atoms with Crippen LogP contribution in [0.3, 0.4) is 0 Å². The fraction of sp³-hybridized carbons (Fsp3) is 0.462. The summed E-state index contributed by atoms with van der Waals surface area (Å²) < 4.78 is 26.5. The number of sulfonamides is 1. The third kappa shape index (κ3) is 7.06. The maximum atomic E-state index is 13.7. The molecule has 0 aliphatic rings. The van der Waals surface area contributed by atoms with Crippen molar-refractivity contribution in [3.63, 3.8) is 0 Å². The molecule has 0 heterocycles. The molecule has 8 heteroatoms. The quantitative estimate of drug-likeness (QED) is 0.554. The molecule has 2 aromatic carbocycles. The molecule has 7 nitrogen and oxygen atoms in total. The summed E-state index contributed by atoms with van der Waals surface area (Å²) in [6, 6.07) is 12.2. The summed E-state index contributed by atoms with van der Waals surface area (Å²) >= 11 is 0. The van der Waals surface area contributed by atoms with Gasteiger partial charge in [0.25, 0.3) is 0 Å². The summed E-state index contributed by atoms with van der Waals surface area (Å²) in [6.45, 7) is 11.2. The van der Waals surface area contributed by atoms with Gasteiger partial charge in [0.2, 0.25) is 21.8 Å². The molecule has 0 saturated carbocycles. The van der Waals surface area contributed by atoms with Crippen molar-refractivity contribution in [1.82, 2.24) is 10.2 Å². The monoisotopic (exact) mass is 487 g/mol. The van der Waals surface area contributed by atoms with Crippen LogP contribution in [-0.2, 0) is 26.2 Å². The van der Waals surface area contributed by atoms with Crippen LogP contribution < -0.4 is 9.62 Å². The van der Waals surface area contributed by atoms with Crippen molar-refractivity contribution < 1.29 is 18.0 Å². The number of carbonyl (C=O) groups is 2. The van der Waals surface area contributed by atoms with E-state index >= 15 is 0 Å². The summed E-state index contributed by atoms with van der Waals surface area (Å²) in [4.78, 5) is 28.2. The van der Waals surface area contributed by atoms with Crippen molar-refractivity contribution in [2.75, 3.05) is 17.1 Å². The Morgan fingerprint density at radius 1 is 0.971 bits per heavy atom. The molecule has 34 heavy (non-hydrogen) atoms. The fourth-order valence-electron chi connectivity index (χ4n) is 3.77. The maximum Gasteiger partial charge on any atom is 0.244 e. The van der Waals surface area contributed by atoms with E-state index in [1.807, 2.05) is 71.9 Å². The number of anilines is 1. The van der Waals surface area contributed by atoms with Crippen LogP contribution in [0, 0.1) is 20.8 Å². The number of nitrogens with one attached hydrogen (secondary N) is 1. The van der Waals surface area contributed by atoms with Gasteiger partial charge in [-0.3, -0.25) is 13.9 Å². The summed E-state index contributed by atoms with van der Waals surface area (Å²) in [7, 11) is -3.74. The van der Waals surface area contributed by atoms with Gasteiger partial charge < -0.3 is 10.2 Å². The van der Waals surface area contributed by atoms with Crippen LogP contribution in [0.4, 0.5) is 5.69 Å². The number of carbonyl (C=O) groups excluding carboxylic acids is 2. The van der Waals surface area contributed by atoms with E-state index in [1.54, 1.807) is 12.1 Å². The molecule has 0 saturated heterocycles. The molecule has 1 N–H and O–H groups in total. The van der Waals surface area contributed by atoms with Gasteiger partial charge in [0, 0.05) is 12.6 Å². The third-order valence-corrected chi connectivity index (χ3v) is 7.02. The van der Waals surface area contributed by atoms with E-state index in [-0.39, 0.29) is 18.5 Å². The second-order valence-electron chi connectivity index (χ2n) is 9.07. The summed E-state index contributed by atoms with van der Waals surface area (Å²) in [5, 5.41) is 2.89. The van der Waals surface area contributed by atoms with Crippen LogP contribution in [0.15, 0.2) is 42.5 Å². The van der Waals surface area contributed by atoms with Crippen LogP contribution in [0.1, 0.15) is 49.4 Å². The lowest BCUT2D eigenvalue weighted by molar-refractivity contribution is -0.140. The van der Waals surface area contributed by atoms with Crippen molar-refractivity contribution >= 4 is 27.5 Å². The Balaban J connectivity index is 2.48. The minimum Gasteiger partial charge on any atom is -0.352 e. The normalized spacial score (nSPS) is 12.4. The predicted octanol–water partition coefficient (Wildman–Crippen LogP) is 3.71. The van der Waals surface area contributed by atoms with Gasteiger partial charge in [0.05, 0.1) is 11.9 Å². The van der Waals surface area contributed by atoms with Gasteiger partial charge in [-0.1, -0.05) is 37.3 Å². The average molecular weight is 488 g/mol. The first-order valence-corrected chi connectivity index (χ1v) is 13.4. The van der Waals surface area contributed by atoms with Crippen molar-refractivity contribution in [1.29, 1.82) is 0 Å². The molecule has 2 amide bonds. The maximum absolute atomic E-state index is 13.7. The van der Waals surface area contributed by atoms with E-state index in [1.165, 1.54) is 4.90 Å². The van der Waals surface area contributed by atoms with Crippen molar-refractivity contribution in [2.45, 2.75) is 66.6 Å². The second-order valence-corrected chi connectivity index (χ2v) is 11.0. The first kappa shape index (κ1) is 27.4. The van der Waals surface area contributed by atoms with Crippen LogP contribution in [0.5, 0.6) is 0 Å². The van der Waals surface area contributed by atoms with Gasteiger partial charge in [-0.15, -0.1) is 0 Å². The zero-order valence-electron chi connectivity index (χ0n) is 21.3. The molecular formula is C26H37N3O4S. The summed E-state index contributed by atoms with van der Waals surface area (Å²) in [5.74, 6) is -0.686. The SMILES string of the molecule is CCC(C(=O)NC(C)C)N(Cc1ccccc1C)C(=O)CN(c1ccc(C)c(C)c1)S(C)(=O)=O. The molecule has 0 fully saturated rings. The first-order chi connectivity index (χ1) is 15.8. The van der Waals surface area contributed by atoms with Gasteiger partial charge in [-0.25, -0.2) is 8.42 Å². The molecule has 0 radical (unpaired) electrons. The minimum atomic E-state index is -3.74. The molecule has 0 aromatic heterocycles. The van der Waals surface area contributed by atoms with E-state index in [2.05, 4.69) is 5.32 Å². The van der Waals surface area contributed by atoms with Crippen molar-refractivity contribution in [3.05, 3.63) is 64.7 Å². The molecule has 0 aliphatic carbocycles. The molecule has 0 bridgehead atoms. The predicted molar refractivity (Wildman–Crippen MR) is 137 cm³/mol. The molecule has 2 rings (SSSR count). The van der Waals surface area contributed by atoms with E-state index in [4.69, 9.17) is 0 Å². The Bertz CT molecular complexity index is 1130. The Morgan fingerprint density at radius 3 is 2.15 bits per heavy atom. The number of benzene rings is 2. The van der Waals surface area contributed by atoms with E-state index in [9.17, 15) is 18.0 Å². The molecule has 0 spiro atoms. The van der Waals surface area contributed by atoms with E-state index < -0.39 is 28.5 Å². The highest BCUT2D eigenvalue weighted by molar-refractivity contribution is 7.92. The lowest BCUT2D eigenvalue weighted by Gasteiger charge is -2.33. The largest absolute Gasteiger partial charge is 0.352 e. The van der Waals surface area contributed by atoms with Crippen molar-refractivity contribution in [3.8, 4) is 0 Å². The molecule has 0 aliphatic heterocycles. The summed E-state index contributed by atoms with van der Waals surface area (Å²) in [5.41, 5.74) is 4.28. The lowest BCUT2D eigenvalue weighted by Crippen LogP contribution is -2.53. The third-order valence-electron chi connectivity index (χ3n) is 5.88. The van der Waals surface area contributed by atoms with Crippen molar-refractivity contribution in [2.24, 2.45) is 0 Å². The van der Waals surface area contributed by atoms with Crippen LogP contribution in [0.2, 0.25) is 0 Å². The summed E-state index contributed by atoms with van der Waals surface area (Å²) in [6.07, 6.45) is 1.49. The standard InChI is InChI=1S/C26H37N3O4S/c1-8-24(26(31)27-18(2)3)28(16-22-12-10-9-11-20(22)5)25(30)17-29(34(7,32)33)23-14-13-19(4)21(6)15-23/h9-15,18,24H,8,16-17H2,1-7H3,(H,27,31). The highest BCUT2D eigenvalue weighted by Gasteiger charge is 2.32. The Morgan fingerprint density at radius 2 is 1.62 bits per heavy atom. The molecule has 2 aromatic rings. The number of hydrogen-bond donors (Lipinski definition) is 1. The van der Waals surface area contributed by atoms with E-state index in [0.29, 0.717) is 12.1 Å². The Kier molecular flexibility index (Phi) is 9.27. The topological polar surface area (TPSA) is 86.8 Å². The fourth-order valence-corrected chi connectivity index (χ4v) is 4.61. The van der Waals surface area contributed by atoms with E-state index in [0.717, 1.165) is 32.8 Å². The number of hydrogen-bond acceptors (Lipinski definition) is 4. The van der Waals surface area contributed by atoms with Crippen LogP contribution >= 0.6 is 0 Å². The molecule has 1 atom stereocenters. The number of rotatable bonds is 10. The first-order valence-electron chi connectivity index (χ1n) is 11.5. The highest BCUT2D eigenvalue weighted by Crippen LogP contribution is 2.23. The zero-order valence-corrected chi connectivity index (χ0v) is 22.1. The van der Waals surface area contributed by atoms with Crippen LogP contribution in [-0.4, -0.2) is 50.0 Å². The molecule has 186 valence electrons. The number of nitrogens with zero attached hydrogens (tertiary/aromatic N) is 2. The number of aryl methyl sites for hydroxylation is 3. The van der Waals surface area contributed by atoms with Gasteiger partial charge in [-0.05, 0) is 75.4 Å². The Hall–Kier alpha value is -2.87. The molecular weight excluding hydrogens is 450 g/mol. The Labute approximate surface area is 204 Å². The van der Waals surface area contributed by atoms with Gasteiger partial charge in [0.15, 0.2) is 0 Å². The average Bonchev–Trinajstić information content (AvgIpc) is 2.73.